The number of thiazole rings is 1. The van der Waals surface area contributed by atoms with Gasteiger partial charge in [0.05, 0.1) is 5.69 Å². The number of ketones is 1. The van der Waals surface area contributed by atoms with Crippen LogP contribution in [0, 0.1) is 5.82 Å². The van der Waals surface area contributed by atoms with Crippen molar-refractivity contribution in [1.82, 2.24) is 4.98 Å². The third-order valence-electron chi connectivity index (χ3n) is 3.84. The van der Waals surface area contributed by atoms with Crippen LogP contribution in [0.25, 0.3) is 10.6 Å². The second-order valence-corrected chi connectivity index (χ2v) is 6.66. The monoisotopic (exact) mass is 368 g/mol. The fourth-order valence-electron chi connectivity index (χ4n) is 2.43. The van der Waals surface area contributed by atoms with Gasteiger partial charge < -0.3 is 5.32 Å². The number of carbonyl (C=O) groups excluding carboxylic acids is 2. The minimum atomic E-state index is -0.305. The first-order valence-electron chi connectivity index (χ1n) is 8.13. The molecule has 0 radical (unpaired) electrons. The van der Waals surface area contributed by atoms with Crippen molar-refractivity contribution in [2.24, 2.45) is 0 Å². The Balaban J connectivity index is 1.56. The molecule has 0 unspecified atom stereocenters. The van der Waals surface area contributed by atoms with Crippen LogP contribution >= 0.6 is 11.3 Å². The van der Waals surface area contributed by atoms with Crippen LogP contribution in [-0.2, 0) is 11.2 Å². The van der Waals surface area contributed by atoms with Crippen LogP contribution in [0.2, 0.25) is 0 Å². The van der Waals surface area contributed by atoms with Gasteiger partial charge >= 0.3 is 0 Å². The summed E-state index contributed by atoms with van der Waals surface area (Å²) >= 11 is 1.36. The largest absolute Gasteiger partial charge is 0.326 e. The SMILES string of the molecule is CC(=O)c1ccc(NC(=O)CCc2csc(-c3ccccc3F)n2)cc1. The van der Waals surface area contributed by atoms with Gasteiger partial charge in [-0.2, -0.15) is 0 Å². The van der Waals surface area contributed by atoms with E-state index in [4.69, 9.17) is 0 Å². The highest BCUT2D eigenvalue weighted by molar-refractivity contribution is 7.13. The number of Topliss-reactive ketones (excluding diaryl/α,β-unsaturated/α-hetero) is 1. The van der Waals surface area contributed by atoms with E-state index in [0.717, 1.165) is 5.69 Å². The molecule has 6 heteroatoms. The van der Waals surface area contributed by atoms with E-state index in [1.165, 1.54) is 24.3 Å². The topological polar surface area (TPSA) is 59.1 Å². The first kappa shape index (κ1) is 17.9. The van der Waals surface area contributed by atoms with Gasteiger partial charge in [-0.3, -0.25) is 9.59 Å². The number of hydrogen-bond donors (Lipinski definition) is 1. The van der Waals surface area contributed by atoms with Crippen LogP contribution in [-0.4, -0.2) is 16.7 Å². The summed E-state index contributed by atoms with van der Waals surface area (Å²) in [6.07, 6.45) is 0.747. The van der Waals surface area contributed by atoms with E-state index in [0.29, 0.717) is 28.2 Å². The zero-order chi connectivity index (χ0) is 18.5. The summed E-state index contributed by atoms with van der Waals surface area (Å²) in [5.41, 5.74) is 2.48. The molecule has 0 atom stereocenters. The van der Waals surface area contributed by atoms with Gasteiger partial charge in [0.25, 0.3) is 0 Å². The van der Waals surface area contributed by atoms with Gasteiger partial charge in [0.2, 0.25) is 5.91 Å². The summed E-state index contributed by atoms with van der Waals surface area (Å²) in [5, 5.41) is 5.24. The number of aromatic nitrogens is 1. The molecule has 0 spiro atoms. The lowest BCUT2D eigenvalue weighted by Crippen LogP contribution is -2.12. The average Bonchev–Trinajstić information content (AvgIpc) is 3.09. The highest BCUT2D eigenvalue weighted by Gasteiger charge is 2.10. The van der Waals surface area contributed by atoms with E-state index in [1.54, 1.807) is 42.5 Å². The number of nitrogens with zero attached hydrogens (tertiary/aromatic N) is 1. The van der Waals surface area contributed by atoms with Gasteiger partial charge in [-0.25, -0.2) is 9.37 Å². The molecule has 4 nitrogen and oxygen atoms in total. The Kier molecular flexibility index (Phi) is 5.53. The fourth-order valence-corrected chi connectivity index (χ4v) is 3.31. The third kappa shape index (κ3) is 4.40. The number of carbonyl (C=O) groups is 2. The van der Waals surface area contributed by atoms with Gasteiger partial charge in [-0.1, -0.05) is 12.1 Å². The number of hydrogen-bond acceptors (Lipinski definition) is 4. The van der Waals surface area contributed by atoms with E-state index in [2.05, 4.69) is 10.3 Å². The predicted molar refractivity (Wildman–Crippen MR) is 101 cm³/mol. The molecular weight excluding hydrogens is 351 g/mol. The van der Waals surface area contributed by atoms with Crippen molar-refractivity contribution < 1.29 is 14.0 Å². The Bertz CT molecular complexity index is 935. The van der Waals surface area contributed by atoms with Crippen LogP contribution in [0.4, 0.5) is 10.1 Å². The molecule has 0 fully saturated rings. The number of rotatable bonds is 6. The number of aryl methyl sites for hydroxylation is 1. The highest BCUT2D eigenvalue weighted by Crippen LogP contribution is 2.26. The molecule has 3 rings (SSSR count). The first-order valence-corrected chi connectivity index (χ1v) is 9.01. The molecule has 3 aromatic rings. The lowest BCUT2D eigenvalue weighted by molar-refractivity contribution is -0.116. The Labute approximate surface area is 154 Å². The van der Waals surface area contributed by atoms with Crippen LogP contribution in [0.15, 0.2) is 53.9 Å². The summed E-state index contributed by atoms with van der Waals surface area (Å²) in [7, 11) is 0. The molecule has 0 aliphatic rings. The molecule has 0 saturated heterocycles. The molecule has 1 heterocycles. The van der Waals surface area contributed by atoms with Crippen molar-refractivity contribution in [2.75, 3.05) is 5.32 Å². The second kappa shape index (κ2) is 8.01. The maximum atomic E-state index is 13.8. The van der Waals surface area contributed by atoms with Crippen molar-refractivity contribution in [3.05, 3.63) is 71.0 Å². The molecule has 1 N–H and O–H groups in total. The third-order valence-corrected chi connectivity index (χ3v) is 4.76. The molecule has 26 heavy (non-hydrogen) atoms. The molecule has 2 aromatic carbocycles. The van der Waals surface area contributed by atoms with E-state index in [9.17, 15) is 14.0 Å². The summed E-state index contributed by atoms with van der Waals surface area (Å²) in [5.74, 6) is -0.460. The maximum Gasteiger partial charge on any atom is 0.224 e. The minimum Gasteiger partial charge on any atom is -0.326 e. The quantitative estimate of drug-likeness (QED) is 0.640. The maximum absolute atomic E-state index is 13.8. The van der Waals surface area contributed by atoms with E-state index < -0.39 is 0 Å². The number of anilines is 1. The number of benzene rings is 2. The Hall–Kier alpha value is -2.86. The summed E-state index contributed by atoms with van der Waals surface area (Å²) < 4.78 is 13.8. The molecule has 0 aliphatic heterocycles. The number of amides is 1. The van der Waals surface area contributed by atoms with Crippen LogP contribution in [0.1, 0.15) is 29.4 Å². The molecule has 132 valence electrons. The summed E-state index contributed by atoms with van der Waals surface area (Å²) in [4.78, 5) is 27.7. The van der Waals surface area contributed by atoms with Crippen molar-refractivity contribution in [3.63, 3.8) is 0 Å². The molecule has 0 saturated carbocycles. The van der Waals surface area contributed by atoms with Gasteiger partial charge in [-0.05, 0) is 49.7 Å². The standard InChI is InChI=1S/C20H17FN2O2S/c1-13(24)14-6-8-15(9-7-14)22-19(25)11-10-16-12-26-20(23-16)17-4-2-3-5-18(17)21/h2-9,12H,10-11H2,1H3,(H,22,25). The van der Waals surface area contributed by atoms with Crippen molar-refractivity contribution in [1.29, 1.82) is 0 Å². The van der Waals surface area contributed by atoms with E-state index in [-0.39, 0.29) is 23.9 Å². The zero-order valence-electron chi connectivity index (χ0n) is 14.2. The highest BCUT2D eigenvalue weighted by atomic mass is 32.1. The van der Waals surface area contributed by atoms with Gasteiger partial charge in [-0.15, -0.1) is 11.3 Å². The Morgan fingerprint density at radius 1 is 1.12 bits per heavy atom. The van der Waals surface area contributed by atoms with E-state index in [1.807, 2.05) is 5.38 Å². The molecule has 1 amide bonds. The minimum absolute atomic E-state index is 0.0166. The lowest BCUT2D eigenvalue weighted by atomic mass is 10.1. The smallest absolute Gasteiger partial charge is 0.224 e. The zero-order valence-corrected chi connectivity index (χ0v) is 15.0. The summed E-state index contributed by atoms with van der Waals surface area (Å²) in [6, 6.07) is 13.3. The normalized spacial score (nSPS) is 10.5. The lowest BCUT2D eigenvalue weighted by Gasteiger charge is -2.05. The second-order valence-electron chi connectivity index (χ2n) is 5.81. The van der Waals surface area contributed by atoms with Crippen molar-refractivity contribution in [2.45, 2.75) is 19.8 Å². The Morgan fingerprint density at radius 3 is 2.54 bits per heavy atom. The van der Waals surface area contributed by atoms with Gasteiger partial charge in [0, 0.05) is 28.6 Å². The average molecular weight is 368 g/mol. The van der Waals surface area contributed by atoms with Crippen LogP contribution in [0.3, 0.4) is 0 Å². The predicted octanol–water partition coefficient (Wildman–Crippen LogP) is 4.72. The van der Waals surface area contributed by atoms with Gasteiger partial charge in [0.1, 0.15) is 10.8 Å². The van der Waals surface area contributed by atoms with E-state index >= 15 is 0 Å². The van der Waals surface area contributed by atoms with Crippen LogP contribution in [0.5, 0.6) is 0 Å². The first-order chi connectivity index (χ1) is 12.5. The number of halogens is 1. The van der Waals surface area contributed by atoms with Crippen molar-refractivity contribution >= 4 is 28.7 Å². The molecule has 0 bridgehead atoms. The molecule has 0 aliphatic carbocycles. The number of nitrogens with one attached hydrogen (secondary N) is 1. The van der Waals surface area contributed by atoms with Crippen LogP contribution < -0.4 is 5.32 Å². The van der Waals surface area contributed by atoms with Crippen molar-refractivity contribution in [3.8, 4) is 10.6 Å². The fraction of sp³-hybridized carbons (Fsp3) is 0.150. The van der Waals surface area contributed by atoms with Gasteiger partial charge in [0.15, 0.2) is 5.78 Å². The molecular formula is C20H17FN2O2S. The molecule has 1 aromatic heterocycles. The Morgan fingerprint density at radius 2 is 1.85 bits per heavy atom. The summed E-state index contributed by atoms with van der Waals surface area (Å²) in [6.45, 7) is 1.50.